The van der Waals surface area contributed by atoms with Gasteiger partial charge in [-0.15, -0.1) is 0 Å². The van der Waals surface area contributed by atoms with E-state index < -0.39 is 0 Å². The van der Waals surface area contributed by atoms with Gasteiger partial charge in [0.05, 0.1) is 0 Å². The smallest absolute Gasteiger partial charge is 0.142 e. The summed E-state index contributed by atoms with van der Waals surface area (Å²) in [5.74, 6) is 1.45. The van der Waals surface area contributed by atoms with Crippen molar-refractivity contribution in [2.75, 3.05) is 18.0 Å². The normalized spacial score (nSPS) is 10.1. The van der Waals surface area contributed by atoms with Crippen molar-refractivity contribution in [3.05, 3.63) is 17.6 Å². The summed E-state index contributed by atoms with van der Waals surface area (Å²) in [6, 6.07) is 1.75. The fraction of sp³-hybridized carbons (Fsp3) is 0.500. The van der Waals surface area contributed by atoms with Crippen LogP contribution in [0.1, 0.15) is 25.4 Å². The molecule has 1 aromatic rings. The molecule has 0 bridgehead atoms. The molecule has 0 aliphatic rings. The number of nitrogens with zero attached hydrogens (tertiary/aromatic N) is 3. The molecule has 0 atom stereocenters. The first-order valence-corrected chi connectivity index (χ1v) is 5.03. The van der Waals surface area contributed by atoms with Gasteiger partial charge in [0.25, 0.3) is 0 Å². The van der Waals surface area contributed by atoms with Crippen LogP contribution in [0.15, 0.2) is 6.07 Å². The number of hydrogen-bond donors (Lipinski definition) is 2. The van der Waals surface area contributed by atoms with E-state index in [1.54, 1.807) is 13.0 Å². The zero-order valence-electron chi connectivity index (χ0n) is 9.41. The molecule has 5 nitrogen and oxygen atoms in total. The van der Waals surface area contributed by atoms with Crippen molar-refractivity contribution in [1.82, 2.24) is 9.97 Å². The second-order valence-corrected chi connectivity index (χ2v) is 3.24. The van der Waals surface area contributed by atoms with E-state index in [0.717, 1.165) is 18.9 Å². The number of rotatable bonds is 4. The first kappa shape index (κ1) is 11.4. The Balaban J connectivity index is 3.13. The standard InChI is InChI=1S/C10H17N5/c1-4-15(5-2)9-6-8(10(11)12)13-7(3)14-9/h6H,4-5H2,1-3H3,(H3,11,12). The van der Waals surface area contributed by atoms with E-state index in [1.165, 1.54) is 0 Å². The summed E-state index contributed by atoms with van der Waals surface area (Å²) >= 11 is 0. The highest BCUT2D eigenvalue weighted by atomic mass is 15.2. The molecule has 0 aliphatic carbocycles. The molecule has 1 aromatic heterocycles. The van der Waals surface area contributed by atoms with Gasteiger partial charge in [-0.3, -0.25) is 5.41 Å². The van der Waals surface area contributed by atoms with Crippen LogP contribution in [-0.4, -0.2) is 28.9 Å². The molecule has 0 saturated carbocycles. The monoisotopic (exact) mass is 207 g/mol. The molecule has 0 aromatic carbocycles. The van der Waals surface area contributed by atoms with Gasteiger partial charge < -0.3 is 10.6 Å². The van der Waals surface area contributed by atoms with E-state index in [2.05, 4.69) is 28.7 Å². The fourth-order valence-electron chi connectivity index (χ4n) is 1.40. The largest absolute Gasteiger partial charge is 0.382 e. The molecule has 0 radical (unpaired) electrons. The van der Waals surface area contributed by atoms with Crippen LogP contribution >= 0.6 is 0 Å². The molecule has 0 unspecified atom stereocenters. The minimum atomic E-state index is -0.0195. The molecule has 82 valence electrons. The second-order valence-electron chi connectivity index (χ2n) is 3.24. The highest BCUT2D eigenvalue weighted by Gasteiger charge is 2.08. The van der Waals surface area contributed by atoms with Gasteiger partial charge >= 0.3 is 0 Å². The Morgan fingerprint density at radius 2 is 2.00 bits per heavy atom. The summed E-state index contributed by atoms with van der Waals surface area (Å²) in [7, 11) is 0. The van der Waals surface area contributed by atoms with Crippen LogP contribution in [0, 0.1) is 12.3 Å². The molecule has 0 aliphatic heterocycles. The second kappa shape index (κ2) is 4.72. The molecule has 3 N–H and O–H groups in total. The number of aromatic nitrogens is 2. The van der Waals surface area contributed by atoms with Gasteiger partial charge in [0.1, 0.15) is 23.2 Å². The van der Waals surface area contributed by atoms with E-state index in [4.69, 9.17) is 11.1 Å². The van der Waals surface area contributed by atoms with Crippen LogP contribution in [0.5, 0.6) is 0 Å². The van der Waals surface area contributed by atoms with Crippen LogP contribution < -0.4 is 10.6 Å². The molecule has 15 heavy (non-hydrogen) atoms. The lowest BCUT2D eigenvalue weighted by Crippen LogP contribution is -2.25. The van der Waals surface area contributed by atoms with Crippen LogP contribution in [0.4, 0.5) is 5.82 Å². The maximum atomic E-state index is 7.35. The summed E-state index contributed by atoms with van der Waals surface area (Å²) in [6.07, 6.45) is 0. The van der Waals surface area contributed by atoms with Gasteiger partial charge in [-0.1, -0.05) is 0 Å². The third-order valence-electron chi connectivity index (χ3n) is 2.19. The highest BCUT2D eigenvalue weighted by Crippen LogP contribution is 2.11. The first-order chi connectivity index (χ1) is 7.08. The summed E-state index contributed by atoms with van der Waals surface area (Å²) in [5, 5.41) is 7.35. The van der Waals surface area contributed by atoms with E-state index in [0.29, 0.717) is 11.5 Å². The van der Waals surface area contributed by atoms with Crippen molar-refractivity contribution in [3.8, 4) is 0 Å². The Kier molecular flexibility index (Phi) is 3.60. The molecule has 5 heteroatoms. The molecule has 0 amide bonds. The number of amidine groups is 1. The number of anilines is 1. The SMILES string of the molecule is CCN(CC)c1cc(C(=N)N)nc(C)n1. The van der Waals surface area contributed by atoms with Gasteiger partial charge in [-0.25, -0.2) is 9.97 Å². The Labute approximate surface area is 89.8 Å². The average molecular weight is 207 g/mol. The Hall–Kier alpha value is -1.65. The lowest BCUT2D eigenvalue weighted by Gasteiger charge is -2.20. The van der Waals surface area contributed by atoms with E-state index >= 15 is 0 Å². The van der Waals surface area contributed by atoms with Gasteiger partial charge in [0.2, 0.25) is 0 Å². The third-order valence-corrected chi connectivity index (χ3v) is 2.19. The number of nitrogens with one attached hydrogen (secondary N) is 1. The zero-order valence-corrected chi connectivity index (χ0v) is 9.41. The van der Waals surface area contributed by atoms with Crippen molar-refractivity contribution in [2.24, 2.45) is 5.73 Å². The Bertz CT molecular complexity index is 357. The van der Waals surface area contributed by atoms with Crippen LogP contribution in [0.3, 0.4) is 0 Å². The summed E-state index contributed by atoms with van der Waals surface area (Å²) < 4.78 is 0. The summed E-state index contributed by atoms with van der Waals surface area (Å²) in [4.78, 5) is 10.5. The minimum absolute atomic E-state index is 0.0195. The third kappa shape index (κ3) is 2.65. The molecule has 0 fully saturated rings. The summed E-state index contributed by atoms with van der Waals surface area (Å²) in [6.45, 7) is 7.69. The first-order valence-electron chi connectivity index (χ1n) is 5.03. The van der Waals surface area contributed by atoms with E-state index in [-0.39, 0.29) is 5.84 Å². The Morgan fingerprint density at radius 1 is 1.40 bits per heavy atom. The lowest BCUT2D eigenvalue weighted by atomic mass is 10.3. The lowest BCUT2D eigenvalue weighted by molar-refractivity contribution is 0.832. The number of nitrogens with two attached hydrogens (primary N) is 1. The molecular formula is C10H17N5. The molecule has 1 heterocycles. The topological polar surface area (TPSA) is 78.9 Å². The van der Waals surface area contributed by atoms with Gasteiger partial charge in [0, 0.05) is 19.2 Å². The van der Waals surface area contributed by atoms with Crippen molar-refractivity contribution in [1.29, 1.82) is 5.41 Å². The van der Waals surface area contributed by atoms with Crippen molar-refractivity contribution < 1.29 is 0 Å². The van der Waals surface area contributed by atoms with Crippen molar-refractivity contribution in [2.45, 2.75) is 20.8 Å². The average Bonchev–Trinajstić information content (AvgIpc) is 2.18. The molecule has 0 saturated heterocycles. The van der Waals surface area contributed by atoms with Crippen LogP contribution in [0.25, 0.3) is 0 Å². The molecule has 1 rings (SSSR count). The van der Waals surface area contributed by atoms with E-state index in [9.17, 15) is 0 Å². The predicted octanol–water partition coefficient (Wildman–Crippen LogP) is 0.915. The van der Waals surface area contributed by atoms with Gasteiger partial charge in [-0.2, -0.15) is 0 Å². The fourth-order valence-corrected chi connectivity index (χ4v) is 1.40. The number of aryl methyl sites for hydroxylation is 1. The maximum absolute atomic E-state index is 7.35. The van der Waals surface area contributed by atoms with Crippen molar-refractivity contribution >= 4 is 11.7 Å². The number of hydrogen-bond acceptors (Lipinski definition) is 4. The number of nitrogen functional groups attached to an aromatic ring is 1. The van der Waals surface area contributed by atoms with Crippen molar-refractivity contribution in [3.63, 3.8) is 0 Å². The van der Waals surface area contributed by atoms with Gasteiger partial charge in [-0.05, 0) is 20.8 Å². The molecule has 0 spiro atoms. The summed E-state index contributed by atoms with van der Waals surface area (Å²) in [5.41, 5.74) is 5.90. The van der Waals surface area contributed by atoms with Crippen LogP contribution in [0.2, 0.25) is 0 Å². The minimum Gasteiger partial charge on any atom is -0.382 e. The van der Waals surface area contributed by atoms with Gasteiger partial charge in [0.15, 0.2) is 0 Å². The maximum Gasteiger partial charge on any atom is 0.142 e. The Morgan fingerprint density at radius 3 is 2.47 bits per heavy atom. The van der Waals surface area contributed by atoms with E-state index in [1.807, 2.05) is 0 Å². The quantitative estimate of drug-likeness (QED) is 0.568. The molecular weight excluding hydrogens is 190 g/mol. The zero-order chi connectivity index (χ0) is 11.4. The van der Waals surface area contributed by atoms with Crippen LogP contribution in [-0.2, 0) is 0 Å². The predicted molar refractivity (Wildman–Crippen MR) is 61.3 cm³/mol. The highest BCUT2D eigenvalue weighted by molar-refractivity contribution is 5.93.